The first kappa shape index (κ1) is 23.5. The van der Waals surface area contributed by atoms with E-state index in [1.807, 2.05) is 42.5 Å². The van der Waals surface area contributed by atoms with Crippen LogP contribution in [0.1, 0.15) is 18.9 Å². The maximum atomic E-state index is 13.9. The summed E-state index contributed by atoms with van der Waals surface area (Å²) in [6.45, 7) is 6.38. The second-order valence-electron chi connectivity index (χ2n) is 7.90. The molecular weight excluding hydrogens is 407 g/mol. The average Bonchev–Trinajstić information content (AvgIpc) is 2.82. The van der Waals surface area contributed by atoms with Crippen LogP contribution in [0.25, 0.3) is 6.08 Å². The van der Waals surface area contributed by atoms with Crippen molar-refractivity contribution >= 4 is 23.6 Å². The Morgan fingerprint density at radius 3 is 2.44 bits per heavy atom. The van der Waals surface area contributed by atoms with Crippen LogP contribution < -0.4 is 15.5 Å². The summed E-state index contributed by atoms with van der Waals surface area (Å²) in [5, 5.41) is 5.56. The minimum atomic E-state index is -0.604. The molecule has 6 nitrogen and oxygen atoms in total. The molecule has 32 heavy (non-hydrogen) atoms. The van der Waals surface area contributed by atoms with Crippen LogP contribution in [0.2, 0.25) is 0 Å². The predicted octanol–water partition coefficient (Wildman–Crippen LogP) is 2.67. The lowest BCUT2D eigenvalue weighted by molar-refractivity contribution is -0.126. The van der Waals surface area contributed by atoms with Gasteiger partial charge in [0.1, 0.15) is 11.9 Å². The van der Waals surface area contributed by atoms with Crippen LogP contribution >= 0.6 is 0 Å². The fourth-order valence-corrected chi connectivity index (χ4v) is 3.65. The molecule has 0 bridgehead atoms. The number of rotatable bonds is 9. The van der Waals surface area contributed by atoms with Gasteiger partial charge in [0.05, 0.1) is 5.69 Å². The summed E-state index contributed by atoms with van der Waals surface area (Å²) in [5.41, 5.74) is 1.59. The number of hydrogen-bond donors (Lipinski definition) is 2. The van der Waals surface area contributed by atoms with Crippen molar-refractivity contribution in [1.82, 2.24) is 15.5 Å². The Hall–Kier alpha value is -3.19. The largest absolute Gasteiger partial charge is 0.367 e. The van der Waals surface area contributed by atoms with Gasteiger partial charge in [-0.05, 0) is 43.7 Å². The van der Waals surface area contributed by atoms with Gasteiger partial charge in [-0.1, -0.05) is 42.5 Å². The van der Waals surface area contributed by atoms with Crippen LogP contribution in [0.3, 0.4) is 0 Å². The Balaban J connectivity index is 1.30. The van der Waals surface area contributed by atoms with Gasteiger partial charge >= 0.3 is 0 Å². The highest BCUT2D eigenvalue weighted by Gasteiger charge is 2.19. The Kier molecular flexibility index (Phi) is 8.80. The Morgan fingerprint density at radius 2 is 1.72 bits per heavy atom. The molecule has 1 heterocycles. The maximum Gasteiger partial charge on any atom is 0.244 e. The van der Waals surface area contributed by atoms with Crippen LogP contribution in [-0.2, 0) is 9.59 Å². The quantitative estimate of drug-likeness (QED) is 0.467. The van der Waals surface area contributed by atoms with E-state index in [4.69, 9.17) is 0 Å². The molecule has 170 valence electrons. The number of amides is 2. The average molecular weight is 439 g/mol. The molecule has 1 aliphatic heterocycles. The lowest BCUT2D eigenvalue weighted by Crippen LogP contribution is -2.48. The molecule has 1 aliphatic rings. The van der Waals surface area contributed by atoms with Crippen molar-refractivity contribution in [2.45, 2.75) is 19.4 Å². The van der Waals surface area contributed by atoms with Gasteiger partial charge in [-0.3, -0.25) is 14.5 Å². The molecular formula is C25H31FN4O2. The van der Waals surface area contributed by atoms with E-state index in [1.54, 1.807) is 19.1 Å². The summed E-state index contributed by atoms with van der Waals surface area (Å²) in [6.07, 6.45) is 3.96. The van der Waals surface area contributed by atoms with Crippen molar-refractivity contribution in [3.8, 4) is 0 Å². The van der Waals surface area contributed by atoms with E-state index >= 15 is 0 Å². The molecule has 1 fully saturated rings. The number of halogens is 1. The summed E-state index contributed by atoms with van der Waals surface area (Å²) in [6, 6.07) is 15.8. The maximum absolute atomic E-state index is 13.9. The number of carbonyl (C=O) groups is 2. The van der Waals surface area contributed by atoms with Crippen molar-refractivity contribution in [2.75, 3.05) is 44.2 Å². The molecule has 3 rings (SSSR count). The van der Waals surface area contributed by atoms with Crippen LogP contribution in [0.4, 0.5) is 10.1 Å². The second-order valence-corrected chi connectivity index (χ2v) is 7.90. The zero-order valence-electron chi connectivity index (χ0n) is 18.5. The number of nitrogens with zero attached hydrogens (tertiary/aromatic N) is 2. The van der Waals surface area contributed by atoms with Gasteiger partial charge in [0.15, 0.2) is 0 Å². The molecule has 7 heteroatoms. The minimum absolute atomic E-state index is 0.180. The Morgan fingerprint density at radius 1 is 1.03 bits per heavy atom. The van der Waals surface area contributed by atoms with Crippen molar-refractivity contribution < 1.29 is 14.0 Å². The monoisotopic (exact) mass is 438 g/mol. The van der Waals surface area contributed by atoms with Crippen LogP contribution in [-0.4, -0.2) is 62.0 Å². The first-order chi connectivity index (χ1) is 15.5. The molecule has 1 saturated heterocycles. The lowest BCUT2D eigenvalue weighted by Gasteiger charge is -2.36. The Labute approximate surface area is 189 Å². The molecule has 0 aromatic heterocycles. The lowest BCUT2D eigenvalue weighted by atomic mass is 10.2. The van der Waals surface area contributed by atoms with Crippen LogP contribution in [0.5, 0.6) is 0 Å². The highest BCUT2D eigenvalue weighted by atomic mass is 19.1. The molecule has 1 atom stereocenters. The van der Waals surface area contributed by atoms with Crippen LogP contribution in [0.15, 0.2) is 60.7 Å². The van der Waals surface area contributed by atoms with Crippen LogP contribution in [0, 0.1) is 5.82 Å². The van der Waals surface area contributed by atoms with E-state index in [0.717, 1.165) is 44.7 Å². The fourth-order valence-electron chi connectivity index (χ4n) is 3.65. The summed E-state index contributed by atoms with van der Waals surface area (Å²) < 4.78 is 13.9. The molecule has 2 amide bonds. The summed E-state index contributed by atoms with van der Waals surface area (Å²) in [4.78, 5) is 28.6. The molecule has 2 aromatic rings. The van der Waals surface area contributed by atoms with Crippen molar-refractivity contribution in [2.24, 2.45) is 0 Å². The molecule has 0 aliphatic carbocycles. The van der Waals surface area contributed by atoms with E-state index in [9.17, 15) is 14.0 Å². The number of carbonyl (C=O) groups excluding carboxylic acids is 2. The fraction of sp³-hybridized carbons (Fsp3) is 0.360. The normalized spacial score (nSPS) is 15.5. The van der Waals surface area contributed by atoms with E-state index in [2.05, 4.69) is 20.4 Å². The predicted molar refractivity (Wildman–Crippen MR) is 126 cm³/mol. The number of anilines is 1. The number of para-hydroxylation sites is 1. The van der Waals surface area contributed by atoms with E-state index in [-0.39, 0.29) is 17.6 Å². The van der Waals surface area contributed by atoms with Gasteiger partial charge in [-0.15, -0.1) is 0 Å². The zero-order valence-corrected chi connectivity index (χ0v) is 18.5. The van der Waals surface area contributed by atoms with Gasteiger partial charge in [0.25, 0.3) is 0 Å². The summed E-state index contributed by atoms with van der Waals surface area (Å²) in [7, 11) is 0. The third-order valence-electron chi connectivity index (χ3n) is 5.49. The highest BCUT2D eigenvalue weighted by Crippen LogP contribution is 2.20. The van der Waals surface area contributed by atoms with E-state index in [0.29, 0.717) is 12.2 Å². The van der Waals surface area contributed by atoms with Crippen molar-refractivity contribution in [3.63, 3.8) is 0 Å². The Bertz CT molecular complexity index is 911. The highest BCUT2D eigenvalue weighted by molar-refractivity contribution is 5.95. The minimum Gasteiger partial charge on any atom is -0.367 e. The van der Waals surface area contributed by atoms with Gasteiger partial charge in [-0.2, -0.15) is 0 Å². The number of hydrogen-bond acceptors (Lipinski definition) is 4. The van der Waals surface area contributed by atoms with Gasteiger partial charge < -0.3 is 15.5 Å². The van der Waals surface area contributed by atoms with Crippen molar-refractivity contribution in [3.05, 3.63) is 72.1 Å². The van der Waals surface area contributed by atoms with Gasteiger partial charge in [0.2, 0.25) is 11.8 Å². The molecule has 2 N–H and O–H groups in total. The first-order valence-corrected chi connectivity index (χ1v) is 11.1. The first-order valence-electron chi connectivity index (χ1n) is 11.1. The molecule has 0 spiro atoms. The summed E-state index contributed by atoms with van der Waals surface area (Å²) in [5.74, 6) is -0.680. The van der Waals surface area contributed by atoms with Crippen molar-refractivity contribution in [1.29, 1.82) is 0 Å². The molecule has 0 saturated carbocycles. The van der Waals surface area contributed by atoms with Gasteiger partial charge in [-0.25, -0.2) is 4.39 Å². The number of benzene rings is 2. The zero-order chi connectivity index (χ0) is 22.8. The third kappa shape index (κ3) is 7.20. The smallest absolute Gasteiger partial charge is 0.244 e. The third-order valence-corrected chi connectivity index (χ3v) is 5.49. The molecule has 1 unspecified atom stereocenters. The SMILES string of the molecule is CC(NC(=O)/C=C/c1ccccc1)C(=O)NCCCN1CCN(c2ccccc2F)CC1. The summed E-state index contributed by atoms with van der Waals surface area (Å²) >= 11 is 0. The topological polar surface area (TPSA) is 64.7 Å². The molecule has 0 radical (unpaired) electrons. The second kappa shape index (κ2) is 12.0. The standard InChI is InChI=1S/C25H31FN4O2/c1-20(28-24(31)13-12-21-8-3-2-4-9-21)25(32)27-14-7-15-29-16-18-30(19-17-29)23-11-6-5-10-22(23)26/h2-6,8-13,20H,7,14-19H2,1H3,(H,27,32)(H,28,31)/b13-12+. The van der Waals surface area contributed by atoms with E-state index < -0.39 is 6.04 Å². The van der Waals surface area contributed by atoms with E-state index in [1.165, 1.54) is 12.1 Å². The number of nitrogens with one attached hydrogen (secondary N) is 2. The van der Waals surface area contributed by atoms with Gasteiger partial charge in [0, 0.05) is 38.8 Å². The number of piperazine rings is 1. The molecule has 2 aromatic carbocycles.